The van der Waals surface area contributed by atoms with Crippen molar-refractivity contribution in [2.45, 2.75) is 42.0 Å². The largest absolute Gasteiger partial charge is 0.337 e. The highest BCUT2D eigenvalue weighted by Crippen LogP contribution is 2.40. The van der Waals surface area contributed by atoms with Crippen LogP contribution < -0.4 is 5.32 Å². The van der Waals surface area contributed by atoms with Gasteiger partial charge >= 0.3 is 0 Å². The van der Waals surface area contributed by atoms with E-state index < -0.39 is 5.54 Å². The van der Waals surface area contributed by atoms with Crippen LogP contribution in [0.5, 0.6) is 0 Å². The molecule has 0 saturated heterocycles. The fourth-order valence-corrected chi connectivity index (χ4v) is 4.17. The van der Waals surface area contributed by atoms with Crippen LogP contribution in [0.2, 0.25) is 0 Å². The lowest BCUT2D eigenvalue weighted by Gasteiger charge is -2.24. The smallest absolute Gasteiger partial charge is 0.229 e. The fourth-order valence-electron chi connectivity index (χ4n) is 2.95. The van der Waals surface area contributed by atoms with Crippen molar-refractivity contribution in [2.24, 2.45) is 0 Å². The molecule has 0 bridgehead atoms. The Morgan fingerprint density at radius 2 is 2.11 bits per heavy atom. The molecule has 2 aliphatic rings. The second-order valence-corrected chi connectivity index (χ2v) is 6.35. The van der Waals surface area contributed by atoms with E-state index in [1.807, 2.05) is 18.2 Å². The van der Waals surface area contributed by atoms with Gasteiger partial charge in [-0.3, -0.25) is 4.79 Å². The zero-order valence-corrected chi connectivity index (χ0v) is 11.5. The highest BCUT2D eigenvalue weighted by Gasteiger charge is 2.38. The molecule has 0 aromatic heterocycles. The van der Waals surface area contributed by atoms with Crippen molar-refractivity contribution in [1.82, 2.24) is 5.32 Å². The Bertz CT molecular complexity index is 543. The Kier molecular flexibility index (Phi) is 3.24. The molecule has 0 spiro atoms. The second kappa shape index (κ2) is 4.90. The van der Waals surface area contributed by atoms with Gasteiger partial charge in [-0.15, -0.1) is 11.8 Å². The lowest BCUT2D eigenvalue weighted by molar-refractivity contribution is -0.123. The van der Waals surface area contributed by atoms with Crippen molar-refractivity contribution < 1.29 is 4.79 Å². The van der Waals surface area contributed by atoms with Crippen molar-refractivity contribution in [3.63, 3.8) is 0 Å². The summed E-state index contributed by atoms with van der Waals surface area (Å²) in [5.74, 6) is 0.695. The van der Waals surface area contributed by atoms with E-state index in [1.54, 1.807) is 11.8 Å². The first-order chi connectivity index (χ1) is 9.24. The van der Waals surface area contributed by atoms with Gasteiger partial charge < -0.3 is 5.32 Å². The van der Waals surface area contributed by atoms with Crippen LogP contribution in [0.3, 0.4) is 0 Å². The Morgan fingerprint density at radius 3 is 2.84 bits per heavy atom. The standard InChI is InChI=1S/C15H16N2OS/c16-10-15(7-3-4-8-15)17-14(18)12-9-19-13-6-2-1-5-11(12)13/h1-2,5-6,12H,3-4,7-9H2,(H,17,18). The topological polar surface area (TPSA) is 52.9 Å². The first-order valence-corrected chi connectivity index (χ1v) is 7.68. The van der Waals surface area contributed by atoms with Gasteiger partial charge in [0.2, 0.25) is 5.91 Å². The van der Waals surface area contributed by atoms with Gasteiger partial charge in [0, 0.05) is 10.6 Å². The van der Waals surface area contributed by atoms with E-state index in [4.69, 9.17) is 0 Å². The van der Waals surface area contributed by atoms with Gasteiger partial charge in [-0.25, -0.2) is 0 Å². The quantitative estimate of drug-likeness (QED) is 0.900. The maximum absolute atomic E-state index is 12.5. The molecule has 1 saturated carbocycles. The summed E-state index contributed by atoms with van der Waals surface area (Å²) in [6, 6.07) is 10.4. The molecule has 1 aromatic carbocycles. The summed E-state index contributed by atoms with van der Waals surface area (Å²) >= 11 is 1.72. The van der Waals surface area contributed by atoms with Crippen molar-refractivity contribution in [3.05, 3.63) is 29.8 Å². The summed E-state index contributed by atoms with van der Waals surface area (Å²) in [6.45, 7) is 0. The number of amides is 1. The van der Waals surface area contributed by atoms with Gasteiger partial charge in [-0.2, -0.15) is 5.26 Å². The van der Waals surface area contributed by atoms with Gasteiger partial charge in [0.1, 0.15) is 5.54 Å². The Hall–Kier alpha value is -1.47. The van der Waals surface area contributed by atoms with Gasteiger partial charge in [0.15, 0.2) is 0 Å². The normalized spacial score (nSPS) is 23.6. The van der Waals surface area contributed by atoms with E-state index in [1.165, 1.54) is 4.90 Å². The summed E-state index contributed by atoms with van der Waals surface area (Å²) in [5.41, 5.74) is 0.496. The van der Waals surface area contributed by atoms with E-state index in [9.17, 15) is 10.1 Å². The second-order valence-electron chi connectivity index (χ2n) is 5.29. The molecule has 1 aromatic rings. The zero-order valence-electron chi connectivity index (χ0n) is 10.7. The van der Waals surface area contributed by atoms with Crippen LogP contribution in [0, 0.1) is 11.3 Å². The molecule has 3 nitrogen and oxygen atoms in total. The molecule has 0 radical (unpaired) electrons. The molecule has 98 valence electrons. The number of carbonyl (C=O) groups is 1. The minimum absolute atomic E-state index is 0.0147. The van der Waals surface area contributed by atoms with Crippen molar-refractivity contribution in [2.75, 3.05) is 5.75 Å². The van der Waals surface area contributed by atoms with Crippen LogP contribution in [0.1, 0.15) is 37.2 Å². The summed E-state index contributed by atoms with van der Waals surface area (Å²) < 4.78 is 0. The molecule has 3 rings (SSSR count). The first-order valence-electron chi connectivity index (χ1n) is 6.69. The van der Waals surface area contributed by atoms with Crippen LogP contribution in [-0.2, 0) is 4.79 Å². The van der Waals surface area contributed by atoms with Crippen molar-refractivity contribution >= 4 is 17.7 Å². The molecular weight excluding hydrogens is 256 g/mol. The average molecular weight is 272 g/mol. The molecule has 1 amide bonds. The molecule has 1 aliphatic heterocycles. The van der Waals surface area contributed by atoms with Crippen LogP contribution in [-0.4, -0.2) is 17.2 Å². The Labute approximate surface area is 117 Å². The third kappa shape index (κ3) is 2.23. The van der Waals surface area contributed by atoms with Gasteiger partial charge in [-0.05, 0) is 37.3 Å². The number of nitrogens with zero attached hydrogens (tertiary/aromatic N) is 1. The highest BCUT2D eigenvalue weighted by atomic mass is 32.2. The minimum Gasteiger partial charge on any atom is -0.337 e. The minimum atomic E-state index is -0.612. The summed E-state index contributed by atoms with van der Waals surface area (Å²) in [5, 5.41) is 12.3. The number of hydrogen-bond donors (Lipinski definition) is 1. The Morgan fingerprint density at radius 1 is 1.37 bits per heavy atom. The molecule has 1 heterocycles. The van der Waals surface area contributed by atoms with Crippen molar-refractivity contribution in [1.29, 1.82) is 5.26 Å². The van der Waals surface area contributed by atoms with Crippen LogP contribution in [0.4, 0.5) is 0 Å². The fraction of sp³-hybridized carbons (Fsp3) is 0.467. The predicted molar refractivity (Wildman–Crippen MR) is 74.9 cm³/mol. The maximum Gasteiger partial charge on any atom is 0.229 e. The Balaban J connectivity index is 1.78. The average Bonchev–Trinajstić information content (AvgIpc) is 3.05. The number of rotatable bonds is 2. The number of nitriles is 1. The predicted octanol–water partition coefficient (Wildman–Crippen LogP) is 2.83. The number of benzene rings is 1. The van der Waals surface area contributed by atoms with E-state index in [2.05, 4.69) is 17.5 Å². The molecule has 1 atom stereocenters. The van der Waals surface area contributed by atoms with E-state index >= 15 is 0 Å². The number of thioether (sulfide) groups is 1. The van der Waals surface area contributed by atoms with Crippen LogP contribution in [0.15, 0.2) is 29.2 Å². The van der Waals surface area contributed by atoms with Crippen molar-refractivity contribution in [3.8, 4) is 6.07 Å². The number of carbonyl (C=O) groups excluding carboxylic acids is 1. The first kappa shape index (κ1) is 12.6. The SMILES string of the molecule is N#CC1(NC(=O)C2CSc3ccccc32)CCCC1. The van der Waals surface area contributed by atoms with Gasteiger partial charge in [0.25, 0.3) is 0 Å². The third-order valence-electron chi connectivity index (χ3n) is 4.05. The zero-order chi connectivity index (χ0) is 13.3. The monoisotopic (exact) mass is 272 g/mol. The van der Waals surface area contributed by atoms with Gasteiger partial charge in [-0.1, -0.05) is 18.2 Å². The van der Waals surface area contributed by atoms with Gasteiger partial charge in [0.05, 0.1) is 12.0 Å². The number of hydrogen-bond acceptors (Lipinski definition) is 3. The molecule has 1 fully saturated rings. The van der Waals surface area contributed by atoms with Crippen LogP contribution in [0.25, 0.3) is 0 Å². The lowest BCUT2D eigenvalue weighted by atomic mass is 9.95. The summed E-state index contributed by atoms with van der Waals surface area (Å²) in [6.07, 6.45) is 3.64. The lowest BCUT2D eigenvalue weighted by Crippen LogP contribution is -2.47. The van der Waals surface area contributed by atoms with E-state index in [-0.39, 0.29) is 11.8 Å². The molecule has 4 heteroatoms. The maximum atomic E-state index is 12.5. The summed E-state index contributed by atoms with van der Waals surface area (Å²) in [7, 11) is 0. The van der Waals surface area contributed by atoms with E-state index in [0.29, 0.717) is 0 Å². The molecular formula is C15H16N2OS. The number of fused-ring (bicyclic) bond motifs is 1. The van der Waals surface area contributed by atoms with E-state index in [0.717, 1.165) is 37.0 Å². The summed E-state index contributed by atoms with van der Waals surface area (Å²) in [4.78, 5) is 13.6. The highest BCUT2D eigenvalue weighted by molar-refractivity contribution is 7.99. The third-order valence-corrected chi connectivity index (χ3v) is 5.23. The number of nitrogens with one attached hydrogen (secondary N) is 1. The molecule has 1 unspecified atom stereocenters. The van der Waals surface area contributed by atoms with Crippen LogP contribution >= 0.6 is 11.8 Å². The molecule has 1 N–H and O–H groups in total. The molecule has 19 heavy (non-hydrogen) atoms. The molecule has 1 aliphatic carbocycles.